The van der Waals surface area contributed by atoms with Crippen LogP contribution >= 0.6 is 0 Å². The fourth-order valence-corrected chi connectivity index (χ4v) is 3.42. The average Bonchev–Trinajstić information content (AvgIpc) is 3.16. The molecule has 4 heteroatoms. The van der Waals surface area contributed by atoms with Gasteiger partial charge in [0, 0.05) is 44.5 Å². The number of para-hydroxylation sites is 2. The Bertz CT molecular complexity index is 1180. The molecule has 0 saturated heterocycles. The van der Waals surface area contributed by atoms with Gasteiger partial charge in [0.05, 0.1) is 5.69 Å². The van der Waals surface area contributed by atoms with E-state index < -0.39 is 0 Å². The van der Waals surface area contributed by atoms with Crippen LogP contribution in [0.1, 0.15) is 5.69 Å². The van der Waals surface area contributed by atoms with E-state index in [1.54, 1.807) is 0 Å². The summed E-state index contributed by atoms with van der Waals surface area (Å²) >= 11 is 0. The number of nitrogens with zero attached hydrogens (tertiary/aromatic N) is 2. The summed E-state index contributed by atoms with van der Waals surface area (Å²) in [6, 6.07) is 16.6. The summed E-state index contributed by atoms with van der Waals surface area (Å²) in [5.41, 5.74) is 6.30. The molecule has 110 valence electrons. The first-order valence-corrected chi connectivity index (χ1v) is 7.63. The fourth-order valence-electron chi connectivity index (χ4n) is 3.42. The summed E-state index contributed by atoms with van der Waals surface area (Å²) in [4.78, 5) is 6.73. The van der Waals surface area contributed by atoms with E-state index in [-0.39, 0.29) is 0 Å². The minimum atomic E-state index is 0.831. The van der Waals surface area contributed by atoms with E-state index in [2.05, 4.69) is 62.8 Å². The van der Waals surface area contributed by atoms with Crippen LogP contribution in [0.15, 0.2) is 54.7 Å². The molecule has 0 aliphatic heterocycles. The highest BCUT2D eigenvalue weighted by Gasteiger charge is 2.17. The zero-order valence-corrected chi connectivity index (χ0v) is 12.6. The third-order valence-corrected chi connectivity index (χ3v) is 4.46. The van der Waals surface area contributed by atoms with Crippen molar-refractivity contribution in [2.45, 2.75) is 6.92 Å². The summed E-state index contributed by atoms with van der Waals surface area (Å²) in [5, 5.41) is 12.2. The minimum absolute atomic E-state index is 0.831. The highest BCUT2D eigenvalue weighted by Crippen LogP contribution is 2.38. The summed E-state index contributed by atoms with van der Waals surface area (Å²) in [6.45, 7) is 2.02. The zero-order valence-electron chi connectivity index (χ0n) is 12.6. The second kappa shape index (κ2) is 4.43. The monoisotopic (exact) mass is 298 g/mol. The maximum absolute atomic E-state index is 4.37. The number of aryl methyl sites for hydroxylation is 1. The van der Waals surface area contributed by atoms with Gasteiger partial charge in [-0.05, 0) is 19.1 Å². The van der Waals surface area contributed by atoms with Crippen molar-refractivity contribution >= 4 is 32.8 Å². The maximum Gasteiger partial charge on any atom is 0.161 e. The van der Waals surface area contributed by atoms with Crippen LogP contribution in [0.2, 0.25) is 0 Å². The van der Waals surface area contributed by atoms with Gasteiger partial charge in [0.25, 0.3) is 0 Å². The summed E-state index contributed by atoms with van der Waals surface area (Å²) in [7, 11) is 0. The van der Waals surface area contributed by atoms with E-state index in [1.807, 2.05) is 19.1 Å². The van der Waals surface area contributed by atoms with E-state index in [9.17, 15) is 0 Å². The van der Waals surface area contributed by atoms with E-state index >= 15 is 0 Å². The Morgan fingerprint density at radius 1 is 0.826 bits per heavy atom. The van der Waals surface area contributed by atoms with Crippen molar-refractivity contribution < 1.29 is 0 Å². The number of hydrogen-bond acceptors (Lipinski definition) is 2. The molecule has 3 heterocycles. The molecular weight excluding hydrogens is 284 g/mol. The maximum atomic E-state index is 4.37. The number of nitrogens with one attached hydrogen (secondary N) is 2. The second-order valence-electron chi connectivity index (χ2n) is 5.80. The standard InChI is InChI=1S/C19H14N4/c1-11-17(14-10-20-15-8-4-2-6-12(14)15)18-13-7-3-5-9-16(13)21-19(18)23-22-11/h2-10,20H,1H3,(H,21,23). The third kappa shape index (κ3) is 1.66. The van der Waals surface area contributed by atoms with Crippen LogP contribution in [0.3, 0.4) is 0 Å². The van der Waals surface area contributed by atoms with Gasteiger partial charge in [0.15, 0.2) is 5.65 Å². The average molecular weight is 298 g/mol. The van der Waals surface area contributed by atoms with Crippen molar-refractivity contribution in [2.75, 3.05) is 0 Å². The molecule has 0 radical (unpaired) electrons. The van der Waals surface area contributed by atoms with Crippen LogP contribution in [-0.4, -0.2) is 20.2 Å². The van der Waals surface area contributed by atoms with Crippen molar-refractivity contribution in [1.82, 2.24) is 20.2 Å². The molecule has 0 fully saturated rings. The lowest BCUT2D eigenvalue weighted by Crippen LogP contribution is -1.92. The van der Waals surface area contributed by atoms with Gasteiger partial charge in [0.1, 0.15) is 0 Å². The normalized spacial score (nSPS) is 11.7. The topological polar surface area (TPSA) is 57.4 Å². The number of aromatic amines is 2. The van der Waals surface area contributed by atoms with Gasteiger partial charge in [-0.2, -0.15) is 5.10 Å². The first-order chi connectivity index (χ1) is 11.3. The second-order valence-corrected chi connectivity index (χ2v) is 5.80. The molecule has 4 nitrogen and oxygen atoms in total. The number of benzene rings is 2. The van der Waals surface area contributed by atoms with Crippen molar-refractivity contribution in [3.05, 3.63) is 60.4 Å². The van der Waals surface area contributed by atoms with Crippen LogP contribution in [0.25, 0.3) is 44.0 Å². The predicted octanol–water partition coefficient (Wildman–Crippen LogP) is 4.57. The Labute approximate surface area is 132 Å². The quantitative estimate of drug-likeness (QED) is 0.476. The Balaban J connectivity index is 1.99. The molecule has 0 unspecified atom stereocenters. The number of fused-ring (bicyclic) bond motifs is 4. The van der Waals surface area contributed by atoms with Gasteiger partial charge >= 0.3 is 0 Å². The van der Waals surface area contributed by atoms with Crippen molar-refractivity contribution in [2.24, 2.45) is 0 Å². The summed E-state index contributed by atoms with van der Waals surface area (Å²) < 4.78 is 0. The van der Waals surface area contributed by atoms with Crippen molar-refractivity contribution in [3.8, 4) is 11.1 Å². The van der Waals surface area contributed by atoms with Crippen molar-refractivity contribution in [1.29, 1.82) is 0 Å². The molecular formula is C19H14N4. The predicted molar refractivity (Wildman–Crippen MR) is 93.4 cm³/mol. The molecule has 3 aromatic heterocycles. The van der Waals surface area contributed by atoms with E-state index in [1.165, 1.54) is 16.3 Å². The first-order valence-electron chi connectivity index (χ1n) is 7.63. The molecule has 0 aliphatic carbocycles. The van der Waals surface area contributed by atoms with Crippen molar-refractivity contribution in [3.63, 3.8) is 0 Å². The number of aromatic nitrogens is 4. The molecule has 23 heavy (non-hydrogen) atoms. The van der Waals surface area contributed by atoms with Gasteiger partial charge < -0.3 is 9.97 Å². The molecule has 2 N–H and O–H groups in total. The molecule has 5 aromatic rings. The highest BCUT2D eigenvalue weighted by molar-refractivity contribution is 6.15. The molecule has 2 aromatic carbocycles. The van der Waals surface area contributed by atoms with E-state index in [4.69, 9.17) is 0 Å². The van der Waals surface area contributed by atoms with E-state index in [0.717, 1.165) is 33.3 Å². The molecule has 5 rings (SSSR count). The Hall–Kier alpha value is -3.14. The van der Waals surface area contributed by atoms with Crippen LogP contribution in [0.4, 0.5) is 0 Å². The smallest absolute Gasteiger partial charge is 0.161 e. The largest absolute Gasteiger partial charge is 0.361 e. The lowest BCUT2D eigenvalue weighted by atomic mass is 9.99. The molecule has 0 bridgehead atoms. The minimum Gasteiger partial charge on any atom is -0.361 e. The molecule has 0 amide bonds. The van der Waals surface area contributed by atoms with Crippen LogP contribution in [-0.2, 0) is 0 Å². The van der Waals surface area contributed by atoms with Gasteiger partial charge in [-0.15, -0.1) is 5.10 Å². The van der Waals surface area contributed by atoms with Gasteiger partial charge in [-0.3, -0.25) is 0 Å². The number of hydrogen-bond donors (Lipinski definition) is 2. The number of rotatable bonds is 1. The molecule has 0 atom stereocenters. The molecule has 0 saturated carbocycles. The summed E-state index contributed by atoms with van der Waals surface area (Å²) in [6.07, 6.45) is 2.07. The first kappa shape index (κ1) is 12.4. The van der Waals surface area contributed by atoms with Gasteiger partial charge in [-0.25, -0.2) is 0 Å². The van der Waals surface area contributed by atoms with Crippen LogP contribution in [0.5, 0.6) is 0 Å². The molecule has 0 aliphatic rings. The fraction of sp³-hybridized carbons (Fsp3) is 0.0526. The Morgan fingerprint density at radius 3 is 2.43 bits per heavy atom. The lowest BCUT2D eigenvalue weighted by molar-refractivity contribution is 1.01. The lowest BCUT2D eigenvalue weighted by Gasteiger charge is -2.06. The highest BCUT2D eigenvalue weighted by atomic mass is 15.1. The van der Waals surface area contributed by atoms with Crippen LogP contribution < -0.4 is 0 Å². The molecule has 0 spiro atoms. The van der Waals surface area contributed by atoms with Gasteiger partial charge in [0.2, 0.25) is 0 Å². The third-order valence-electron chi connectivity index (χ3n) is 4.46. The van der Waals surface area contributed by atoms with Crippen LogP contribution in [0, 0.1) is 6.92 Å². The number of H-pyrrole nitrogens is 2. The van der Waals surface area contributed by atoms with Gasteiger partial charge in [-0.1, -0.05) is 36.4 Å². The Morgan fingerprint density at radius 2 is 1.57 bits per heavy atom. The summed E-state index contributed by atoms with van der Waals surface area (Å²) in [5.74, 6) is 0. The van der Waals surface area contributed by atoms with E-state index in [0.29, 0.717) is 0 Å². The Kier molecular flexibility index (Phi) is 2.39. The SMILES string of the molecule is Cc1nnc2[nH]c3ccccc3c2c1-c1c[nH]c2ccccc12. The zero-order chi connectivity index (χ0) is 15.4.